The molecule has 0 spiro atoms. The fourth-order valence-corrected chi connectivity index (χ4v) is 3.46. The second-order valence-corrected chi connectivity index (χ2v) is 6.66. The third-order valence-electron chi connectivity index (χ3n) is 3.89. The molecule has 1 aromatic carbocycles. The van der Waals surface area contributed by atoms with E-state index in [-0.39, 0.29) is 17.1 Å². The van der Waals surface area contributed by atoms with Crippen LogP contribution >= 0.6 is 11.8 Å². The highest BCUT2D eigenvalue weighted by atomic mass is 32.2. The van der Waals surface area contributed by atoms with Crippen molar-refractivity contribution >= 4 is 28.0 Å². The van der Waals surface area contributed by atoms with Crippen LogP contribution in [-0.4, -0.2) is 46.9 Å². The zero-order valence-electron chi connectivity index (χ0n) is 12.9. The van der Waals surface area contributed by atoms with Gasteiger partial charge in [-0.05, 0) is 43.2 Å². The molecule has 1 aromatic rings. The fourth-order valence-electron chi connectivity index (χ4n) is 2.68. The summed E-state index contributed by atoms with van der Waals surface area (Å²) in [5.41, 5.74) is 4.02. The van der Waals surface area contributed by atoms with Gasteiger partial charge in [0, 0.05) is 18.7 Å². The SMILES string of the molecule is Cc1ccccc1C(=O)N/N=C1/SC(=O)CN1CC1CCCO1. The van der Waals surface area contributed by atoms with Crippen molar-refractivity contribution in [3.05, 3.63) is 35.4 Å². The number of aryl methyl sites for hydroxylation is 1. The summed E-state index contributed by atoms with van der Waals surface area (Å²) in [7, 11) is 0. The molecule has 6 nitrogen and oxygen atoms in total. The van der Waals surface area contributed by atoms with Gasteiger partial charge in [-0.2, -0.15) is 0 Å². The van der Waals surface area contributed by atoms with E-state index in [1.807, 2.05) is 30.0 Å². The molecule has 0 aromatic heterocycles. The first-order valence-corrected chi connectivity index (χ1v) is 8.46. The number of benzene rings is 1. The van der Waals surface area contributed by atoms with E-state index in [9.17, 15) is 9.59 Å². The third-order valence-corrected chi connectivity index (χ3v) is 4.78. The van der Waals surface area contributed by atoms with Gasteiger partial charge in [-0.15, -0.1) is 5.10 Å². The van der Waals surface area contributed by atoms with Gasteiger partial charge < -0.3 is 9.64 Å². The molecule has 2 heterocycles. The lowest BCUT2D eigenvalue weighted by Crippen LogP contribution is -2.34. The van der Waals surface area contributed by atoms with Crippen LogP contribution in [0.25, 0.3) is 0 Å². The van der Waals surface area contributed by atoms with E-state index in [0.717, 1.165) is 36.8 Å². The summed E-state index contributed by atoms with van der Waals surface area (Å²) in [5, 5.41) is 4.71. The smallest absolute Gasteiger partial charge is 0.271 e. The van der Waals surface area contributed by atoms with E-state index in [0.29, 0.717) is 23.8 Å². The monoisotopic (exact) mass is 333 g/mol. The van der Waals surface area contributed by atoms with Crippen LogP contribution < -0.4 is 5.43 Å². The standard InChI is InChI=1S/C16H19N3O3S/c1-11-5-2-3-7-13(11)15(21)17-18-16-19(10-14(20)23-16)9-12-6-4-8-22-12/h2-3,5,7,12H,4,6,8-10H2,1H3,(H,17,21)/b18-16+. The molecule has 2 aliphatic rings. The summed E-state index contributed by atoms with van der Waals surface area (Å²) in [6.45, 7) is 3.59. The summed E-state index contributed by atoms with van der Waals surface area (Å²) in [6, 6.07) is 7.32. The molecule has 0 bridgehead atoms. The molecule has 122 valence electrons. The summed E-state index contributed by atoms with van der Waals surface area (Å²) in [4.78, 5) is 25.8. The van der Waals surface area contributed by atoms with Crippen molar-refractivity contribution < 1.29 is 14.3 Å². The fraction of sp³-hybridized carbons (Fsp3) is 0.438. The molecule has 1 amide bonds. The molecule has 1 N–H and O–H groups in total. The molecule has 1 atom stereocenters. The van der Waals surface area contributed by atoms with Crippen molar-refractivity contribution in [3.8, 4) is 0 Å². The molecule has 2 fully saturated rings. The van der Waals surface area contributed by atoms with Gasteiger partial charge in [0.05, 0.1) is 12.6 Å². The Morgan fingerprint density at radius 3 is 3.04 bits per heavy atom. The first kappa shape index (κ1) is 16.0. The van der Waals surface area contributed by atoms with Crippen LogP contribution in [0.2, 0.25) is 0 Å². The average molecular weight is 333 g/mol. The predicted molar refractivity (Wildman–Crippen MR) is 89.2 cm³/mol. The molecular weight excluding hydrogens is 314 g/mol. The maximum Gasteiger partial charge on any atom is 0.271 e. The lowest BCUT2D eigenvalue weighted by molar-refractivity contribution is -0.110. The number of hydrogen-bond donors (Lipinski definition) is 1. The van der Waals surface area contributed by atoms with Gasteiger partial charge in [-0.3, -0.25) is 9.59 Å². The number of amidine groups is 1. The van der Waals surface area contributed by atoms with Gasteiger partial charge in [0.1, 0.15) is 0 Å². The van der Waals surface area contributed by atoms with Gasteiger partial charge in [0.2, 0.25) is 5.12 Å². The van der Waals surface area contributed by atoms with Crippen molar-refractivity contribution in [3.63, 3.8) is 0 Å². The van der Waals surface area contributed by atoms with Crippen LogP contribution in [0.5, 0.6) is 0 Å². The summed E-state index contributed by atoms with van der Waals surface area (Å²) >= 11 is 1.07. The number of carbonyl (C=O) groups excluding carboxylic acids is 2. The number of nitrogens with zero attached hydrogens (tertiary/aromatic N) is 2. The zero-order valence-corrected chi connectivity index (χ0v) is 13.8. The minimum atomic E-state index is -0.271. The van der Waals surface area contributed by atoms with Gasteiger partial charge in [0.15, 0.2) is 5.17 Å². The Morgan fingerprint density at radius 1 is 1.48 bits per heavy atom. The molecule has 0 aliphatic carbocycles. The first-order valence-electron chi connectivity index (χ1n) is 7.64. The molecule has 1 unspecified atom stereocenters. The summed E-state index contributed by atoms with van der Waals surface area (Å²) in [6.07, 6.45) is 2.19. The highest BCUT2D eigenvalue weighted by Gasteiger charge is 2.30. The third kappa shape index (κ3) is 3.92. The number of carbonyl (C=O) groups is 2. The second kappa shape index (κ2) is 7.14. The van der Waals surface area contributed by atoms with Gasteiger partial charge in [-0.25, -0.2) is 5.43 Å². The van der Waals surface area contributed by atoms with Crippen LogP contribution in [0.15, 0.2) is 29.4 Å². The van der Waals surface area contributed by atoms with Crippen LogP contribution in [0.1, 0.15) is 28.8 Å². The van der Waals surface area contributed by atoms with Gasteiger partial charge in [-0.1, -0.05) is 18.2 Å². The van der Waals surface area contributed by atoms with E-state index in [4.69, 9.17) is 4.74 Å². The van der Waals surface area contributed by atoms with E-state index < -0.39 is 0 Å². The quantitative estimate of drug-likeness (QED) is 0.850. The Morgan fingerprint density at radius 2 is 2.30 bits per heavy atom. The van der Waals surface area contributed by atoms with Crippen molar-refractivity contribution in [2.75, 3.05) is 19.7 Å². The van der Waals surface area contributed by atoms with Crippen molar-refractivity contribution in [1.29, 1.82) is 0 Å². The molecular formula is C16H19N3O3S. The molecule has 23 heavy (non-hydrogen) atoms. The van der Waals surface area contributed by atoms with Crippen LogP contribution in [0, 0.1) is 6.92 Å². The largest absolute Gasteiger partial charge is 0.376 e. The van der Waals surface area contributed by atoms with Gasteiger partial charge in [0.25, 0.3) is 5.91 Å². The Hall–Kier alpha value is -1.86. The number of hydrazone groups is 1. The van der Waals surface area contributed by atoms with E-state index >= 15 is 0 Å². The Labute approximate surface area is 139 Å². The Bertz CT molecular complexity index is 641. The molecule has 0 saturated carbocycles. The van der Waals surface area contributed by atoms with E-state index in [2.05, 4.69) is 10.5 Å². The van der Waals surface area contributed by atoms with E-state index in [1.165, 1.54) is 0 Å². The van der Waals surface area contributed by atoms with Crippen LogP contribution in [0.3, 0.4) is 0 Å². The number of rotatable bonds is 4. The molecule has 2 saturated heterocycles. The van der Waals surface area contributed by atoms with Crippen LogP contribution in [0.4, 0.5) is 0 Å². The number of ether oxygens (including phenoxy) is 1. The van der Waals surface area contributed by atoms with E-state index in [1.54, 1.807) is 6.07 Å². The highest BCUT2D eigenvalue weighted by Crippen LogP contribution is 2.22. The number of hydrogen-bond acceptors (Lipinski definition) is 5. The average Bonchev–Trinajstić information content (AvgIpc) is 3.15. The maximum absolute atomic E-state index is 12.2. The second-order valence-electron chi connectivity index (χ2n) is 5.64. The highest BCUT2D eigenvalue weighted by molar-refractivity contribution is 8.26. The van der Waals surface area contributed by atoms with Crippen molar-refractivity contribution in [1.82, 2.24) is 10.3 Å². The maximum atomic E-state index is 12.2. The number of thioether (sulfide) groups is 1. The lowest BCUT2D eigenvalue weighted by atomic mass is 10.1. The molecule has 7 heteroatoms. The van der Waals surface area contributed by atoms with Crippen LogP contribution in [-0.2, 0) is 9.53 Å². The number of nitrogens with one attached hydrogen (secondary N) is 1. The summed E-state index contributed by atoms with van der Waals surface area (Å²) < 4.78 is 5.60. The normalized spacial score (nSPS) is 22.8. The number of amides is 1. The minimum Gasteiger partial charge on any atom is -0.376 e. The molecule has 3 rings (SSSR count). The predicted octanol–water partition coefficient (Wildman–Crippen LogP) is 1.75. The topological polar surface area (TPSA) is 71.0 Å². The van der Waals surface area contributed by atoms with Gasteiger partial charge >= 0.3 is 0 Å². The zero-order chi connectivity index (χ0) is 16.2. The van der Waals surface area contributed by atoms with Crippen molar-refractivity contribution in [2.24, 2.45) is 5.10 Å². The Kier molecular flexibility index (Phi) is 4.97. The molecule has 2 aliphatic heterocycles. The van der Waals surface area contributed by atoms with Crippen molar-refractivity contribution in [2.45, 2.75) is 25.9 Å². The lowest BCUT2D eigenvalue weighted by Gasteiger charge is -2.20. The Balaban J connectivity index is 1.66. The summed E-state index contributed by atoms with van der Waals surface area (Å²) in [5.74, 6) is -0.271. The molecule has 0 radical (unpaired) electrons. The minimum absolute atomic E-state index is 0.0342. The first-order chi connectivity index (χ1) is 11.1.